The van der Waals surface area contributed by atoms with Gasteiger partial charge in [-0.05, 0) is 35.7 Å². The second-order valence-corrected chi connectivity index (χ2v) is 8.68. The fourth-order valence-corrected chi connectivity index (χ4v) is 3.87. The van der Waals surface area contributed by atoms with Crippen LogP contribution in [0.1, 0.15) is 30.0 Å². The van der Waals surface area contributed by atoms with Crippen molar-refractivity contribution in [2.24, 2.45) is 0 Å². The van der Waals surface area contributed by atoms with E-state index in [2.05, 4.69) is 0 Å². The molecule has 3 aromatic rings. The highest BCUT2D eigenvalue weighted by Crippen LogP contribution is 2.32. The summed E-state index contributed by atoms with van der Waals surface area (Å²) in [6.45, 7) is 4.42. The maximum atomic E-state index is 11.9. The molecule has 0 bridgehead atoms. The van der Waals surface area contributed by atoms with Crippen LogP contribution in [0.5, 0.6) is 11.5 Å². The maximum absolute atomic E-state index is 11.9. The minimum atomic E-state index is -1.15. The summed E-state index contributed by atoms with van der Waals surface area (Å²) in [5.74, 6) is 0.200. The van der Waals surface area contributed by atoms with Crippen LogP contribution in [0.25, 0.3) is 0 Å². The maximum Gasteiger partial charge on any atom is 0.311 e. The SMILES string of the molecule is CCC(=O)Oc1ccc(C)cc1O[C@@H]1OC[C@@H](OCc2ccccc2)[C@H](OCc2ccccc2)[C@H]1O. The number of aliphatic hydroxyl groups is 1. The molecule has 7 heteroatoms. The minimum absolute atomic E-state index is 0.157. The Bertz CT molecular complexity index is 1100. The first kappa shape index (κ1) is 25.9. The Morgan fingerprint density at radius 1 is 0.917 bits per heavy atom. The van der Waals surface area contributed by atoms with E-state index in [1.54, 1.807) is 19.1 Å². The lowest BCUT2D eigenvalue weighted by atomic mass is 10.0. The van der Waals surface area contributed by atoms with Crippen LogP contribution in [-0.2, 0) is 32.2 Å². The number of benzene rings is 3. The fourth-order valence-electron chi connectivity index (χ4n) is 3.87. The topological polar surface area (TPSA) is 83.5 Å². The smallest absolute Gasteiger partial charge is 0.311 e. The normalized spacial score (nSPS) is 21.6. The van der Waals surface area contributed by atoms with E-state index in [1.807, 2.05) is 73.7 Å². The number of aryl methyl sites for hydroxylation is 1. The molecule has 4 atom stereocenters. The van der Waals surface area contributed by atoms with Crippen LogP contribution in [0.2, 0.25) is 0 Å². The Kier molecular flexibility index (Phi) is 9.08. The zero-order chi connectivity index (χ0) is 25.3. The number of hydrogen-bond acceptors (Lipinski definition) is 7. The summed E-state index contributed by atoms with van der Waals surface area (Å²) in [5.41, 5.74) is 2.89. The van der Waals surface area contributed by atoms with Crippen molar-refractivity contribution in [3.05, 3.63) is 95.6 Å². The van der Waals surface area contributed by atoms with Crippen LogP contribution in [0.15, 0.2) is 78.9 Å². The molecule has 0 aromatic heterocycles. The van der Waals surface area contributed by atoms with Crippen molar-refractivity contribution < 1.29 is 33.6 Å². The van der Waals surface area contributed by atoms with E-state index in [-0.39, 0.29) is 24.7 Å². The quantitative estimate of drug-likeness (QED) is 0.328. The van der Waals surface area contributed by atoms with E-state index in [1.165, 1.54) is 0 Å². The Labute approximate surface area is 211 Å². The predicted octanol–water partition coefficient (Wildman–Crippen LogP) is 4.58. The molecule has 0 amide bonds. The van der Waals surface area contributed by atoms with E-state index in [9.17, 15) is 9.90 Å². The first-order chi connectivity index (χ1) is 17.5. The number of rotatable bonds is 10. The predicted molar refractivity (Wildman–Crippen MR) is 134 cm³/mol. The Morgan fingerprint density at radius 3 is 2.19 bits per heavy atom. The lowest BCUT2D eigenvalue weighted by Gasteiger charge is -2.39. The summed E-state index contributed by atoms with van der Waals surface area (Å²) in [6, 6.07) is 24.8. The van der Waals surface area contributed by atoms with Crippen LogP contribution in [0, 0.1) is 6.92 Å². The average Bonchev–Trinajstić information content (AvgIpc) is 2.90. The molecule has 3 aromatic carbocycles. The number of esters is 1. The van der Waals surface area contributed by atoms with Gasteiger partial charge in [0.2, 0.25) is 6.29 Å². The van der Waals surface area contributed by atoms with Crippen LogP contribution in [0.3, 0.4) is 0 Å². The standard InChI is InChI=1S/C29H32O7/c1-3-26(30)35-23-15-14-20(2)16-24(23)36-29-27(31)28(33-18-22-12-8-5-9-13-22)25(19-34-29)32-17-21-10-6-4-7-11-21/h4-16,25,27-29,31H,3,17-19H2,1-2H3/t25-,27-,28+,29+/m1/s1. The number of aliphatic hydroxyl groups excluding tert-OH is 1. The number of carbonyl (C=O) groups excluding carboxylic acids is 1. The third kappa shape index (κ3) is 6.92. The molecule has 0 radical (unpaired) electrons. The van der Waals surface area contributed by atoms with Gasteiger partial charge in [-0.3, -0.25) is 4.79 Å². The summed E-state index contributed by atoms with van der Waals surface area (Å²) in [4.78, 5) is 11.9. The van der Waals surface area contributed by atoms with E-state index < -0.39 is 24.6 Å². The molecular weight excluding hydrogens is 460 g/mol. The number of carbonyl (C=O) groups is 1. The highest BCUT2D eigenvalue weighted by molar-refractivity contribution is 5.72. The van der Waals surface area contributed by atoms with Gasteiger partial charge < -0.3 is 28.8 Å². The molecule has 1 aliphatic rings. The van der Waals surface area contributed by atoms with Gasteiger partial charge in [0, 0.05) is 6.42 Å². The molecule has 7 nitrogen and oxygen atoms in total. The van der Waals surface area contributed by atoms with Crippen LogP contribution in [0.4, 0.5) is 0 Å². The van der Waals surface area contributed by atoms with Crippen molar-refractivity contribution in [2.45, 2.75) is 58.1 Å². The molecule has 1 N–H and O–H groups in total. The van der Waals surface area contributed by atoms with Gasteiger partial charge in [0.05, 0.1) is 19.8 Å². The molecule has 1 heterocycles. The molecule has 36 heavy (non-hydrogen) atoms. The molecule has 1 fully saturated rings. The molecule has 0 spiro atoms. The van der Waals surface area contributed by atoms with Gasteiger partial charge in [0.15, 0.2) is 11.5 Å². The molecule has 0 saturated carbocycles. The molecule has 190 valence electrons. The number of ether oxygens (including phenoxy) is 5. The fraction of sp³-hybridized carbons (Fsp3) is 0.345. The zero-order valence-electron chi connectivity index (χ0n) is 20.5. The third-order valence-electron chi connectivity index (χ3n) is 5.85. The minimum Gasteiger partial charge on any atom is -0.458 e. The average molecular weight is 493 g/mol. The van der Waals surface area contributed by atoms with Crippen molar-refractivity contribution in [3.8, 4) is 11.5 Å². The molecule has 0 aliphatic carbocycles. The van der Waals surface area contributed by atoms with Gasteiger partial charge in [-0.1, -0.05) is 73.7 Å². The van der Waals surface area contributed by atoms with Gasteiger partial charge in [-0.2, -0.15) is 0 Å². The lowest BCUT2D eigenvalue weighted by Crippen LogP contribution is -2.56. The Hall–Kier alpha value is -3.23. The molecule has 4 rings (SSSR count). The van der Waals surface area contributed by atoms with E-state index >= 15 is 0 Å². The van der Waals surface area contributed by atoms with Gasteiger partial charge in [0.25, 0.3) is 0 Å². The lowest BCUT2D eigenvalue weighted by molar-refractivity contribution is -0.265. The van der Waals surface area contributed by atoms with Crippen LogP contribution >= 0.6 is 0 Å². The van der Waals surface area contributed by atoms with Crippen LogP contribution in [-0.4, -0.2) is 42.3 Å². The van der Waals surface area contributed by atoms with Crippen LogP contribution < -0.4 is 9.47 Å². The van der Waals surface area contributed by atoms with Gasteiger partial charge in [0.1, 0.15) is 18.3 Å². The van der Waals surface area contributed by atoms with Crippen molar-refractivity contribution in [3.63, 3.8) is 0 Å². The highest BCUT2D eigenvalue weighted by Gasteiger charge is 2.43. The van der Waals surface area contributed by atoms with Gasteiger partial charge in [-0.15, -0.1) is 0 Å². The Balaban J connectivity index is 1.49. The summed E-state index contributed by atoms with van der Waals surface area (Å²) >= 11 is 0. The van der Waals surface area contributed by atoms with Crippen molar-refractivity contribution in [1.82, 2.24) is 0 Å². The van der Waals surface area contributed by atoms with E-state index in [4.69, 9.17) is 23.7 Å². The first-order valence-corrected chi connectivity index (χ1v) is 12.1. The zero-order valence-corrected chi connectivity index (χ0v) is 20.5. The highest BCUT2D eigenvalue weighted by atomic mass is 16.7. The Morgan fingerprint density at radius 2 is 1.56 bits per heavy atom. The van der Waals surface area contributed by atoms with Gasteiger partial charge in [-0.25, -0.2) is 0 Å². The molecule has 1 aliphatic heterocycles. The van der Waals surface area contributed by atoms with Gasteiger partial charge >= 0.3 is 5.97 Å². The van der Waals surface area contributed by atoms with E-state index in [0.717, 1.165) is 16.7 Å². The largest absolute Gasteiger partial charge is 0.458 e. The third-order valence-corrected chi connectivity index (χ3v) is 5.85. The number of hydrogen-bond donors (Lipinski definition) is 1. The molecular formula is C29H32O7. The first-order valence-electron chi connectivity index (χ1n) is 12.1. The second kappa shape index (κ2) is 12.6. The van der Waals surface area contributed by atoms with Crippen molar-refractivity contribution >= 4 is 5.97 Å². The summed E-state index contributed by atoms with van der Waals surface area (Å²) < 4.78 is 29.6. The summed E-state index contributed by atoms with van der Waals surface area (Å²) in [6.07, 6.45) is -3.19. The second-order valence-electron chi connectivity index (χ2n) is 8.68. The van der Waals surface area contributed by atoms with E-state index in [0.29, 0.717) is 19.0 Å². The monoisotopic (exact) mass is 492 g/mol. The summed E-state index contributed by atoms with van der Waals surface area (Å²) in [5, 5.41) is 11.3. The summed E-state index contributed by atoms with van der Waals surface area (Å²) in [7, 11) is 0. The van der Waals surface area contributed by atoms with Crippen molar-refractivity contribution in [2.75, 3.05) is 6.61 Å². The molecule has 0 unspecified atom stereocenters. The van der Waals surface area contributed by atoms with Crippen molar-refractivity contribution in [1.29, 1.82) is 0 Å². The molecule has 1 saturated heterocycles.